The number of hydrogen-bond acceptors (Lipinski definition) is 5. The van der Waals surface area contributed by atoms with Crippen LogP contribution in [0.15, 0.2) is 23.1 Å². The molecule has 0 unspecified atom stereocenters. The minimum atomic E-state index is -3.73. The van der Waals surface area contributed by atoms with Gasteiger partial charge in [-0.05, 0) is 18.6 Å². The Bertz CT molecular complexity index is 498. The lowest BCUT2D eigenvalue weighted by Crippen LogP contribution is -2.37. The van der Waals surface area contributed by atoms with E-state index in [9.17, 15) is 8.42 Å². The predicted octanol–water partition coefficient (Wildman–Crippen LogP) is 0.327. The van der Waals surface area contributed by atoms with E-state index in [1.54, 1.807) is 6.92 Å². The summed E-state index contributed by atoms with van der Waals surface area (Å²) in [6.07, 6.45) is 0.492. The van der Waals surface area contributed by atoms with Gasteiger partial charge in [0.2, 0.25) is 10.0 Å². The van der Waals surface area contributed by atoms with Gasteiger partial charge in [-0.3, -0.25) is 0 Å². The fourth-order valence-electron chi connectivity index (χ4n) is 1.43. The van der Waals surface area contributed by atoms with Crippen molar-refractivity contribution in [1.29, 1.82) is 0 Å². The largest absolute Gasteiger partial charge is 0.497 e. The average Bonchev–Trinajstić information content (AvgIpc) is 2.35. The molecule has 0 aromatic heterocycles. The van der Waals surface area contributed by atoms with Crippen LogP contribution in [0.4, 0.5) is 5.69 Å². The van der Waals surface area contributed by atoms with Crippen LogP contribution in [0, 0.1) is 0 Å². The van der Waals surface area contributed by atoms with Crippen LogP contribution in [0.25, 0.3) is 0 Å². The van der Waals surface area contributed by atoms with Crippen molar-refractivity contribution in [2.24, 2.45) is 0 Å². The van der Waals surface area contributed by atoms with Crippen LogP contribution in [-0.2, 0) is 10.0 Å². The van der Waals surface area contributed by atoms with Gasteiger partial charge in [0.15, 0.2) is 0 Å². The highest BCUT2D eigenvalue weighted by Gasteiger charge is 2.21. The molecular weight excluding hydrogens is 256 g/mol. The summed E-state index contributed by atoms with van der Waals surface area (Å²) in [5.74, 6) is 0.487. The van der Waals surface area contributed by atoms with Gasteiger partial charge in [-0.15, -0.1) is 0 Å². The van der Waals surface area contributed by atoms with Crippen molar-refractivity contribution < 1.29 is 18.3 Å². The third-order valence-electron chi connectivity index (χ3n) is 2.54. The van der Waals surface area contributed by atoms with Crippen LogP contribution in [0.1, 0.15) is 13.3 Å². The zero-order valence-corrected chi connectivity index (χ0v) is 11.2. The lowest BCUT2D eigenvalue weighted by Gasteiger charge is -2.15. The summed E-state index contributed by atoms with van der Waals surface area (Å²) >= 11 is 0. The molecule has 6 nitrogen and oxygen atoms in total. The zero-order valence-electron chi connectivity index (χ0n) is 10.4. The highest BCUT2D eigenvalue weighted by molar-refractivity contribution is 7.89. The number of nitrogens with one attached hydrogen (secondary N) is 1. The Hall–Kier alpha value is -1.31. The molecule has 0 radical (unpaired) electrons. The molecule has 0 aliphatic rings. The summed E-state index contributed by atoms with van der Waals surface area (Å²) in [6, 6.07) is 3.82. The van der Waals surface area contributed by atoms with E-state index in [0.29, 0.717) is 12.2 Å². The minimum absolute atomic E-state index is 0.0183. The maximum Gasteiger partial charge on any atom is 0.242 e. The molecule has 102 valence electrons. The second-order valence-corrected chi connectivity index (χ2v) is 5.50. The fraction of sp³-hybridized carbons (Fsp3) is 0.455. The van der Waals surface area contributed by atoms with E-state index in [-0.39, 0.29) is 17.2 Å². The van der Waals surface area contributed by atoms with Gasteiger partial charge in [0, 0.05) is 12.1 Å². The number of nitrogens with two attached hydrogens (primary N) is 1. The first-order valence-electron chi connectivity index (χ1n) is 5.51. The van der Waals surface area contributed by atoms with Gasteiger partial charge >= 0.3 is 0 Å². The van der Waals surface area contributed by atoms with E-state index in [1.807, 2.05) is 0 Å². The molecule has 0 spiro atoms. The van der Waals surface area contributed by atoms with Crippen LogP contribution >= 0.6 is 0 Å². The molecular formula is C11H18N2O4S. The SMILES string of the molecule is CC[C@@H](CO)NS(=O)(=O)c1ccc(OC)cc1N. The van der Waals surface area contributed by atoms with E-state index in [2.05, 4.69) is 4.72 Å². The number of rotatable bonds is 6. The molecule has 1 atom stereocenters. The Morgan fingerprint density at radius 2 is 2.17 bits per heavy atom. The molecule has 0 bridgehead atoms. The number of methoxy groups -OCH3 is 1. The van der Waals surface area contributed by atoms with Gasteiger partial charge < -0.3 is 15.6 Å². The highest BCUT2D eigenvalue weighted by Crippen LogP contribution is 2.23. The number of nitrogen functional groups attached to an aromatic ring is 1. The molecule has 0 aliphatic heterocycles. The summed E-state index contributed by atoms with van der Waals surface area (Å²) in [7, 11) is -2.26. The molecule has 0 saturated heterocycles. The summed E-state index contributed by atoms with van der Waals surface area (Å²) in [5.41, 5.74) is 5.79. The number of aliphatic hydroxyl groups excluding tert-OH is 1. The minimum Gasteiger partial charge on any atom is -0.497 e. The lowest BCUT2D eigenvalue weighted by atomic mass is 10.3. The van der Waals surface area contributed by atoms with Crippen molar-refractivity contribution in [2.45, 2.75) is 24.3 Å². The van der Waals surface area contributed by atoms with Crippen LogP contribution in [0.2, 0.25) is 0 Å². The number of ether oxygens (including phenoxy) is 1. The maximum absolute atomic E-state index is 12.0. The first-order valence-corrected chi connectivity index (χ1v) is 6.99. The van der Waals surface area contributed by atoms with Crippen molar-refractivity contribution in [1.82, 2.24) is 4.72 Å². The smallest absolute Gasteiger partial charge is 0.242 e. The van der Waals surface area contributed by atoms with Gasteiger partial charge in [-0.1, -0.05) is 6.92 Å². The van der Waals surface area contributed by atoms with Gasteiger partial charge in [-0.25, -0.2) is 13.1 Å². The second-order valence-electron chi connectivity index (χ2n) is 3.81. The van der Waals surface area contributed by atoms with Crippen molar-refractivity contribution in [3.05, 3.63) is 18.2 Å². The summed E-state index contributed by atoms with van der Waals surface area (Å²) in [4.78, 5) is -0.0183. The maximum atomic E-state index is 12.0. The first-order chi connectivity index (χ1) is 8.44. The van der Waals surface area contributed by atoms with E-state index in [4.69, 9.17) is 15.6 Å². The van der Waals surface area contributed by atoms with Crippen LogP contribution < -0.4 is 15.2 Å². The first kappa shape index (κ1) is 14.7. The number of aliphatic hydroxyl groups is 1. The molecule has 0 saturated carbocycles. The molecule has 0 aliphatic carbocycles. The normalized spacial score (nSPS) is 13.3. The van der Waals surface area contributed by atoms with Gasteiger partial charge in [0.05, 0.1) is 19.4 Å². The van der Waals surface area contributed by atoms with Gasteiger partial charge in [-0.2, -0.15) is 0 Å². The van der Waals surface area contributed by atoms with Crippen LogP contribution in [-0.4, -0.2) is 33.3 Å². The highest BCUT2D eigenvalue weighted by atomic mass is 32.2. The molecule has 7 heteroatoms. The quantitative estimate of drug-likeness (QED) is 0.649. The monoisotopic (exact) mass is 274 g/mol. The number of benzene rings is 1. The lowest BCUT2D eigenvalue weighted by molar-refractivity contribution is 0.254. The summed E-state index contributed by atoms with van der Waals surface area (Å²) in [5, 5.41) is 9.01. The topological polar surface area (TPSA) is 102 Å². The van der Waals surface area contributed by atoms with Crippen molar-refractivity contribution in [3.63, 3.8) is 0 Å². The molecule has 4 N–H and O–H groups in total. The van der Waals surface area contributed by atoms with E-state index < -0.39 is 16.1 Å². The molecule has 18 heavy (non-hydrogen) atoms. The number of anilines is 1. The second kappa shape index (κ2) is 6.03. The third-order valence-corrected chi connectivity index (χ3v) is 4.14. The predicted molar refractivity (Wildman–Crippen MR) is 68.9 cm³/mol. The van der Waals surface area contributed by atoms with Crippen LogP contribution in [0.5, 0.6) is 5.75 Å². The Kier molecular flexibility index (Phi) is 4.94. The standard InChI is InChI=1S/C11H18N2O4S/c1-3-8(7-14)13-18(15,16)11-5-4-9(17-2)6-10(11)12/h4-6,8,13-14H,3,7,12H2,1-2H3/t8-/m0/s1. The van der Waals surface area contributed by atoms with Gasteiger partial charge in [0.1, 0.15) is 10.6 Å². The Morgan fingerprint density at radius 1 is 1.50 bits per heavy atom. The van der Waals surface area contributed by atoms with E-state index in [1.165, 1.54) is 25.3 Å². The molecule has 0 heterocycles. The number of hydrogen-bond donors (Lipinski definition) is 3. The van der Waals surface area contributed by atoms with E-state index in [0.717, 1.165) is 0 Å². The van der Waals surface area contributed by atoms with Crippen molar-refractivity contribution >= 4 is 15.7 Å². The summed E-state index contributed by atoms with van der Waals surface area (Å²) < 4.78 is 31.4. The Balaban J connectivity index is 3.05. The zero-order chi connectivity index (χ0) is 13.8. The van der Waals surface area contributed by atoms with Crippen molar-refractivity contribution in [2.75, 3.05) is 19.5 Å². The number of sulfonamides is 1. The molecule has 1 aromatic carbocycles. The third kappa shape index (κ3) is 3.34. The Labute approximate surface area is 107 Å². The van der Waals surface area contributed by atoms with E-state index >= 15 is 0 Å². The molecule has 0 amide bonds. The Morgan fingerprint density at radius 3 is 2.61 bits per heavy atom. The molecule has 1 aromatic rings. The average molecular weight is 274 g/mol. The molecule has 1 rings (SSSR count). The van der Waals surface area contributed by atoms with Gasteiger partial charge in [0.25, 0.3) is 0 Å². The molecule has 0 fully saturated rings. The fourth-order valence-corrected chi connectivity index (χ4v) is 2.85. The van der Waals surface area contributed by atoms with Crippen LogP contribution in [0.3, 0.4) is 0 Å². The van der Waals surface area contributed by atoms with Crippen molar-refractivity contribution in [3.8, 4) is 5.75 Å². The summed E-state index contributed by atoms with van der Waals surface area (Å²) in [6.45, 7) is 1.52.